The van der Waals surface area contributed by atoms with Gasteiger partial charge in [0.1, 0.15) is 11.6 Å². The molecule has 0 unspecified atom stereocenters. The molecule has 1 amide bonds. The van der Waals surface area contributed by atoms with Crippen molar-refractivity contribution in [3.05, 3.63) is 58.3 Å². The van der Waals surface area contributed by atoms with Gasteiger partial charge in [-0.1, -0.05) is 0 Å². The minimum Gasteiger partial charge on any atom is -0.333 e. The largest absolute Gasteiger partial charge is 0.333 e. The van der Waals surface area contributed by atoms with E-state index in [4.69, 9.17) is 0 Å². The zero-order chi connectivity index (χ0) is 16.4. The fourth-order valence-corrected chi connectivity index (χ4v) is 2.66. The standard InChI is InChI=1S/C15H14FN5OS/c1-10-18-14(15(22)20(2)7-12-8-23-9-17-12)19-21(10)13-5-3-11(16)4-6-13/h3-6,8-9H,7H2,1-2H3. The van der Waals surface area contributed by atoms with E-state index in [1.165, 1.54) is 33.1 Å². The molecule has 0 fully saturated rings. The van der Waals surface area contributed by atoms with Gasteiger partial charge in [0.2, 0.25) is 5.82 Å². The van der Waals surface area contributed by atoms with Crippen LogP contribution >= 0.6 is 11.3 Å². The van der Waals surface area contributed by atoms with E-state index in [2.05, 4.69) is 15.1 Å². The lowest BCUT2D eigenvalue weighted by atomic mass is 10.3. The smallest absolute Gasteiger partial charge is 0.293 e. The maximum absolute atomic E-state index is 13.0. The fourth-order valence-electron chi connectivity index (χ4n) is 2.11. The van der Waals surface area contributed by atoms with Crippen molar-refractivity contribution in [3.8, 4) is 5.69 Å². The molecule has 0 aliphatic heterocycles. The maximum Gasteiger partial charge on any atom is 0.293 e. The zero-order valence-electron chi connectivity index (χ0n) is 12.6. The van der Waals surface area contributed by atoms with E-state index < -0.39 is 0 Å². The first kappa shape index (κ1) is 15.3. The van der Waals surface area contributed by atoms with Crippen molar-refractivity contribution in [1.29, 1.82) is 0 Å². The molecule has 6 nitrogen and oxygen atoms in total. The molecule has 0 spiro atoms. The highest BCUT2D eigenvalue weighted by Gasteiger charge is 2.19. The van der Waals surface area contributed by atoms with Gasteiger partial charge in [-0.2, -0.15) is 0 Å². The molecule has 3 aromatic rings. The summed E-state index contributed by atoms with van der Waals surface area (Å²) >= 11 is 1.48. The Bertz CT molecular complexity index is 813. The predicted molar refractivity (Wildman–Crippen MR) is 84.0 cm³/mol. The average Bonchev–Trinajstić information content (AvgIpc) is 3.17. The van der Waals surface area contributed by atoms with Crippen molar-refractivity contribution < 1.29 is 9.18 Å². The molecular formula is C15H14FN5OS. The van der Waals surface area contributed by atoms with Crippen LogP contribution in [0.1, 0.15) is 22.1 Å². The highest BCUT2D eigenvalue weighted by Crippen LogP contribution is 2.12. The Labute approximate surface area is 136 Å². The molecule has 0 bridgehead atoms. The van der Waals surface area contributed by atoms with E-state index in [1.54, 1.807) is 31.6 Å². The number of rotatable bonds is 4. The lowest BCUT2D eigenvalue weighted by Gasteiger charge is -2.13. The number of thiazole rings is 1. The second-order valence-electron chi connectivity index (χ2n) is 5.01. The Morgan fingerprint density at radius 3 is 2.74 bits per heavy atom. The number of benzene rings is 1. The van der Waals surface area contributed by atoms with Crippen molar-refractivity contribution in [2.75, 3.05) is 7.05 Å². The third-order valence-electron chi connectivity index (χ3n) is 3.26. The van der Waals surface area contributed by atoms with Crippen molar-refractivity contribution in [1.82, 2.24) is 24.6 Å². The predicted octanol–water partition coefficient (Wildman–Crippen LogP) is 2.44. The number of carbonyl (C=O) groups is 1. The Balaban J connectivity index is 1.82. The van der Waals surface area contributed by atoms with E-state index in [1.807, 2.05) is 5.38 Å². The van der Waals surface area contributed by atoms with Crippen molar-refractivity contribution in [2.24, 2.45) is 0 Å². The summed E-state index contributed by atoms with van der Waals surface area (Å²) in [6.45, 7) is 2.14. The third kappa shape index (κ3) is 3.26. The molecule has 8 heteroatoms. The van der Waals surface area contributed by atoms with Crippen molar-refractivity contribution in [3.63, 3.8) is 0 Å². The summed E-state index contributed by atoms with van der Waals surface area (Å²) in [6, 6.07) is 5.85. The second kappa shape index (κ2) is 6.25. The molecule has 0 aliphatic rings. The second-order valence-corrected chi connectivity index (χ2v) is 5.73. The summed E-state index contributed by atoms with van der Waals surface area (Å²) in [7, 11) is 1.68. The van der Waals surface area contributed by atoms with E-state index in [0.717, 1.165) is 5.69 Å². The monoisotopic (exact) mass is 331 g/mol. The molecule has 0 saturated carbocycles. The molecule has 0 aliphatic carbocycles. The minimum absolute atomic E-state index is 0.101. The highest BCUT2D eigenvalue weighted by molar-refractivity contribution is 7.07. The van der Waals surface area contributed by atoms with Gasteiger partial charge in [0.05, 0.1) is 23.4 Å². The summed E-state index contributed by atoms with van der Waals surface area (Å²) in [5.41, 5.74) is 3.19. The van der Waals surface area contributed by atoms with E-state index >= 15 is 0 Å². The summed E-state index contributed by atoms with van der Waals surface area (Å²) in [4.78, 5) is 22.3. The molecule has 1 aromatic carbocycles. The van der Waals surface area contributed by atoms with Gasteiger partial charge in [-0.15, -0.1) is 16.4 Å². The summed E-state index contributed by atoms with van der Waals surface area (Å²) in [5, 5.41) is 6.12. The molecule has 0 atom stereocenters. The van der Waals surface area contributed by atoms with Crippen LogP contribution in [0, 0.1) is 12.7 Å². The molecular weight excluding hydrogens is 317 g/mol. The van der Waals surface area contributed by atoms with Gasteiger partial charge in [0.25, 0.3) is 5.91 Å². The number of carbonyl (C=O) groups excluding carboxylic acids is 1. The van der Waals surface area contributed by atoms with Gasteiger partial charge < -0.3 is 4.90 Å². The van der Waals surface area contributed by atoms with E-state index in [-0.39, 0.29) is 17.5 Å². The van der Waals surface area contributed by atoms with Crippen LogP contribution in [0.5, 0.6) is 0 Å². The number of amides is 1. The number of aromatic nitrogens is 4. The van der Waals surface area contributed by atoms with Crippen molar-refractivity contribution >= 4 is 17.2 Å². The molecule has 2 aromatic heterocycles. The number of halogens is 1. The summed E-state index contributed by atoms with van der Waals surface area (Å²) in [6.07, 6.45) is 0. The number of hydrogen-bond acceptors (Lipinski definition) is 5. The number of hydrogen-bond donors (Lipinski definition) is 0. The van der Waals surface area contributed by atoms with Gasteiger partial charge in [-0.3, -0.25) is 4.79 Å². The first-order valence-electron chi connectivity index (χ1n) is 6.86. The first-order valence-corrected chi connectivity index (χ1v) is 7.81. The number of aryl methyl sites for hydroxylation is 1. The van der Waals surface area contributed by atoms with Gasteiger partial charge in [0.15, 0.2) is 0 Å². The molecule has 2 heterocycles. The van der Waals surface area contributed by atoms with Crippen LogP contribution in [0.2, 0.25) is 0 Å². The lowest BCUT2D eigenvalue weighted by molar-refractivity contribution is 0.0771. The Hall–Kier alpha value is -2.61. The van der Waals surface area contributed by atoms with Gasteiger partial charge >= 0.3 is 0 Å². The van der Waals surface area contributed by atoms with Gasteiger partial charge in [-0.25, -0.2) is 19.0 Å². The third-order valence-corrected chi connectivity index (χ3v) is 3.90. The van der Waals surface area contributed by atoms with E-state index in [9.17, 15) is 9.18 Å². The normalized spacial score (nSPS) is 10.7. The summed E-state index contributed by atoms with van der Waals surface area (Å²) < 4.78 is 14.5. The minimum atomic E-state index is -0.328. The maximum atomic E-state index is 13.0. The molecule has 118 valence electrons. The van der Waals surface area contributed by atoms with Crippen LogP contribution in [0.15, 0.2) is 35.2 Å². The van der Waals surface area contributed by atoms with Crippen LogP contribution in [0.4, 0.5) is 4.39 Å². The first-order chi connectivity index (χ1) is 11.0. The SMILES string of the molecule is Cc1nc(C(=O)N(C)Cc2cscn2)nn1-c1ccc(F)cc1. The van der Waals surface area contributed by atoms with Gasteiger partial charge in [-0.05, 0) is 31.2 Å². The molecule has 0 N–H and O–H groups in total. The van der Waals surface area contributed by atoms with Crippen molar-refractivity contribution in [2.45, 2.75) is 13.5 Å². The van der Waals surface area contributed by atoms with E-state index in [0.29, 0.717) is 18.1 Å². The van der Waals surface area contributed by atoms with Crippen LogP contribution in [-0.2, 0) is 6.54 Å². The Morgan fingerprint density at radius 1 is 1.35 bits per heavy atom. The summed E-state index contributed by atoms with van der Waals surface area (Å²) in [5.74, 6) is 0.0411. The Morgan fingerprint density at radius 2 is 2.09 bits per heavy atom. The van der Waals surface area contributed by atoms with Crippen LogP contribution in [-0.4, -0.2) is 37.6 Å². The van der Waals surface area contributed by atoms with Crippen LogP contribution in [0.25, 0.3) is 5.69 Å². The topological polar surface area (TPSA) is 63.9 Å². The zero-order valence-corrected chi connectivity index (χ0v) is 13.4. The Kier molecular flexibility index (Phi) is 4.16. The molecule has 0 saturated heterocycles. The number of nitrogens with zero attached hydrogens (tertiary/aromatic N) is 5. The lowest BCUT2D eigenvalue weighted by Crippen LogP contribution is -2.27. The average molecular weight is 331 g/mol. The van der Waals surface area contributed by atoms with Gasteiger partial charge in [0, 0.05) is 12.4 Å². The fraction of sp³-hybridized carbons (Fsp3) is 0.200. The van der Waals surface area contributed by atoms with Crippen LogP contribution in [0.3, 0.4) is 0 Å². The molecule has 3 rings (SSSR count). The highest BCUT2D eigenvalue weighted by atomic mass is 32.1. The van der Waals surface area contributed by atoms with Crippen LogP contribution < -0.4 is 0 Å². The quantitative estimate of drug-likeness (QED) is 0.736. The molecule has 0 radical (unpaired) electrons. The molecule has 23 heavy (non-hydrogen) atoms.